The molecule has 1 rings (SSSR count). The predicted octanol–water partition coefficient (Wildman–Crippen LogP) is 1.63. The second kappa shape index (κ2) is 6.11. The highest BCUT2D eigenvalue weighted by Crippen LogP contribution is 2.21. The Kier molecular flexibility index (Phi) is 5.09. The van der Waals surface area contributed by atoms with Crippen LogP contribution in [-0.4, -0.2) is 37.0 Å². The number of likely N-dealkylation sites (tertiary alicyclic amines) is 1. The first kappa shape index (κ1) is 12.5. The summed E-state index contributed by atoms with van der Waals surface area (Å²) in [6.45, 7) is 5.94. The maximum Gasteiger partial charge on any atom is 0.226 e. The van der Waals surface area contributed by atoms with Crippen LogP contribution in [0.25, 0.3) is 0 Å². The number of piperidine rings is 1. The first-order chi connectivity index (χ1) is 7.20. The van der Waals surface area contributed by atoms with E-state index in [1.807, 2.05) is 14.0 Å². The van der Waals surface area contributed by atoms with E-state index in [0.717, 1.165) is 19.5 Å². The zero-order valence-electron chi connectivity index (χ0n) is 10.3. The Morgan fingerprint density at radius 2 is 2.27 bits per heavy atom. The molecule has 0 radical (unpaired) electrons. The molecule has 1 N–H and O–H groups in total. The Morgan fingerprint density at radius 3 is 2.87 bits per heavy atom. The maximum absolute atomic E-state index is 12.1. The van der Waals surface area contributed by atoms with E-state index in [9.17, 15) is 4.79 Å². The molecule has 0 aromatic rings. The van der Waals surface area contributed by atoms with Gasteiger partial charge in [-0.2, -0.15) is 0 Å². The average molecular weight is 212 g/mol. The molecule has 88 valence electrons. The molecule has 2 atom stereocenters. The Bertz CT molecular complexity index is 206. The Morgan fingerprint density at radius 1 is 1.53 bits per heavy atom. The van der Waals surface area contributed by atoms with Crippen LogP contribution in [0.5, 0.6) is 0 Å². The number of carbonyl (C=O) groups is 1. The third-order valence-corrected chi connectivity index (χ3v) is 3.31. The molecule has 15 heavy (non-hydrogen) atoms. The van der Waals surface area contributed by atoms with Gasteiger partial charge in [0.05, 0.1) is 0 Å². The van der Waals surface area contributed by atoms with Crippen molar-refractivity contribution in [1.82, 2.24) is 10.2 Å². The van der Waals surface area contributed by atoms with E-state index in [1.54, 1.807) is 0 Å². The number of hydrogen-bond donors (Lipinski definition) is 1. The van der Waals surface area contributed by atoms with Gasteiger partial charge < -0.3 is 10.2 Å². The zero-order chi connectivity index (χ0) is 11.3. The number of amides is 1. The van der Waals surface area contributed by atoms with Gasteiger partial charge in [0.25, 0.3) is 0 Å². The molecule has 3 heteroatoms. The summed E-state index contributed by atoms with van der Waals surface area (Å²) < 4.78 is 0. The highest BCUT2D eigenvalue weighted by molar-refractivity contribution is 5.79. The fourth-order valence-electron chi connectivity index (χ4n) is 2.39. The van der Waals surface area contributed by atoms with Crippen LogP contribution in [-0.2, 0) is 4.79 Å². The Hall–Kier alpha value is -0.570. The van der Waals surface area contributed by atoms with Gasteiger partial charge in [-0.1, -0.05) is 13.8 Å². The van der Waals surface area contributed by atoms with Gasteiger partial charge in [-0.3, -0.25) is 4.79 Å². The summed E-state index contributed by atoms with van der Waals surface area (Å²) in [5.74, 6) is 0.443. The molecule has 2 unspecified atom stereocenters. The largest absolute Gasteiger partial charge is 0.339 e. The van der Waals surface area contributed by atoms with Crippen molar-refractivity contribution in [2.45, 2.75) is 45.6 Å². The molecular formula is C12H24N2O. The van der Waals surface area contributed by atoms with Crippen molar-refractivity contribution in [3.8, 4) is 0 Å². The molecule has 0 aromatic heterocycles. The fraction of sp³-hybridized carbons (Fsp3) is 0.917. The third kappa shape index (κ3) is 3.20. The minimum Gasteiger partial charge on any atom is -0.339 e. The monoisotopic (exact) mass is 212 g/mol. The molecule has 1 aliphatic rings. The lowest BCUT2D eigenvalue weighted by molar-refractivity contribution is -0.138. The molecule has 0 aliphatic carbocycles. The lowest BCUT2D eigenvalue weighted by Gasteiger charge is -2.37. The summed E-state index contributed by atoms with van der Waals surface area (Å²) in [6, 6.07) is 0.491. The van der Waals surface area contributed by atoms with Gasteiger partial charge in [0.15, 0.2) is 0 Å². The molecule has 0 saturated carbocycles. The predicted molar refractivity (Wildman–Crippen MR) is 62.7 cm³/mol. The van der Waals surface area contributed by atoms with Crippen LogP contribution in [0.1, 0.15) is 39.5 Å². The van der Waals surface area contributed by atoms with Crippen LogP contribution in [0, 0.1) is 5.92 Å². The van der Waals surface area contributed by atoms with E-state index in [-0.39, 0.29) is 5.92 Å². The van der Waals surface area contributed by atoms with Gasteiger partial charge in [0.1, 0.15) is 0 Å². The van der Waals surface area contributed by atoms with Crippen molar-refractivity contribution in [3.63, 3.8) is 0 Å². The molecule has 1 fully saturated rings. The van der Waals surface area contributed by atoms with Gasteiger partial charge in [-0.15, -0.1) is 0 Å². The molecule has 0 aromatic carbocycles. The van der Waals surface area contributed by atoms with Crippen molar-refractivity contribution in [2.75, 3.05) is 20.1 Å². The standard InChI is InChI=1S/C12H24N2O/c1-4-11-7-5-6-8-14(11)12(15)10(2)9-13-3/h10-11,13H,4-9H2,1-3H3. The third-order valence-electron chi connectivity index (χ3n) is 3.31. The quantitative estimate of drug-likeness (QED) is 0.768. The van der Waals surface area contributed by atoms with Gasteiger partial charge >= 0.3 is 0 Å². The molecule has 0 spiro atoms. The lowest BCUT2D eigenvalue weighted by Crippen LogP contribution is -2.47. The Balaban J connectivity index is 2.55. The molecule has 0 bridgehead atoms. The smallest absolute Gasteiger partial charge is 0.226 e. The van der Waals surface area contributed by atoms with Crippen LogP contribution in [0.2, 0.25) is 0 Å². The molecule has 1 amide bonds. The second-order valence-electron chi connectivity index (χ2n) is 4.55. The van der Waals surface area contributed by atoms with E-state index in [2.05, 4.69) is 17.1 Å². The maximum atomic E-state index is 12.1. The summed E-state index contributed by atoms with van der Waals surface area (Å²) in [6.07, 6.45) is 4.74. The lowest BCUT2D eigenvalue weighted by atomic mass is 9.98. The number of hydrogen-bond acceptors (Lipinski definition) is 2. The summed E-state index contributed by atoms with van der Waals surface area (Å²) in [4.78, 5) is 14.2. The molecule has 1 heterocycles. The van der Waals surface area contributed by atoms with Crippen molar-refractivity contribution >= 4 is 5.91 Å². The van der Waals surface area contributed by atoms with Crippen LogP contribution in [0.4, 0.5) is 0 Å². The summed E-state index contributed by atoms with van der Waals surface area (Å²) in [5.41, 5.74) is 0. The van der Waals surface area contributed by atoms with E-state index in [4.69, 9.17) is 0 Å². The minimum atomic E-state index is 0.113. The summed E-state index contributed by atoms with van der Waals surface area (Å²) >= 11 is 0. The number of nitrogens with one attached hydrogen (secondary N) is 1. The van der Waals surface area contributed by atoms with Gasteiger partial charge in [0.2, 0.25) is 5.91 Å². The summed E-state index contributed by atoms with van der Waals surface area (Å²) in [5, 5.41) is 3.07. The van der Waals surface area contributed by atoms with Crippen molar-refractivity contribution < 1.29 is 4.79 Å². The first-order valence-electron chi connectivity index (χ1n) is 6.15. The SMILES string of the molecule is CCC1CCCCN1C(=O)C(C)CNC. The number of nitrogens with zero attached hydrogens (tertiary/aromatic N) is 1. The van der Waals surface area contributed by atoms with Crippen molar-refractivity contribution in [2.24, 2.45) is 5.92 Å². The molecule has 1 aliphatic heterocycles. The van der Waals surface area contributed by atoms with Gasteiger partial charge in [-0.05, 0) is 32.7 Å². The van der Waals surface area contributed by atoms with E-state index >= 15 is 0 Å². The summed E-state index contributed by atoms with van der Waals surface area (Å²) in [7, 11) is 1.90. The molecular weight excluding hydrogens is 188 g/mol. The van der Waals surface area contributed by atoms with E-state index in [0.29, 0.717) is 11.9 Å². The second-order valence-corrected chi connectivity index (χ2v) is 4.55. The zero-order valence-corrected chi connectivity index (χ0v) is 10.3. The van der Waals surface area contributed by atoms with Gasteiger partial charge in [-0.25, -0.2) is 0 Å². The highest BCUT2D eigenvalue weighted by atomic mass is 16.2. The topological polar surface area (TPSA) is 32.3 Å². The average Bonchev–Trinajstić information content (AvgIpc) is 2.28. The molecule has 1 saturated heterocycles. The van der Waals surface area contributed by atoms with Crippen LogP contribution >= 0.6 is 0 Å². The number of rotatable bonds is 4. The van der Waals surface area contributed by atoms with Gasteiger partial charge in [0, 0.05) is 25.0 Å². The Labute approximate surface area is 93.2 Å². The fourth-order valence-corrected chi connectivity index (χ4v) is 2.39. The highest BCUT2D eigenvalue weighted by Gasteiger charge is 2.27. The number of carbonyl (C=O) groups excluding carboxylic acids is 1. The van der Waals surface area contributed by atoms with Crippen LogP contribution < -0.4 is 5.32 Å². The van der Waals surface area contributed by atoms with Crippen molar-refractivity contribution in [1.29, 1.82) is 0 Å². The van der Waals surface area contributed by atoms with E-state index < -0.39 is 0 Å². The molecule has 3 nitrogen and oxygen atoms in total. The first-order valence-corrected chi connectivity index (χ1v) is 6.15. The van der Waals surface area contributed by atoms with Crippen molar-refractivity contribution in [3.05, 3.63) is 0 Å². The van der Waals surface area contributed by atoms with Crippen LogP contribution in [0.3, 0.4) is 0 Å². The van der Waals surface area contributed by atoms with E-state index in [1.165, 1.54) is 19.3 Å². The van der Waals surface area contributed by atoms with Crippen LogP contribution in [0.15, 0.2) is 0 Å². The minimum absolute atomic E-state index is 0.113. The normalized spacial score (nSPS) is 23.9.